The topological polar surface area (TPSA) is 78.9 Å². The van der Waals surface area contributed by atoms with Crippen LogP contribution in [0.2, 0.25) is 0 Å². The normalized spacial score (nSPS) is 12.4. The van der Waals surface area contributed by atoms with E-state index in [-0.39, 0.29) is 31.1 Å². The van der Waals surface area contributed by atoms with Gasteiger partial charge < -0.3 is 14.2 Å². The fraction of sp³-hybridized carbons (Fsp3) is 0.792. The first-order chi connectivity index (χ1) is 29.0. The van der Waals surface area contributed by atoms with Crippen LogP contribution in [-0.2, 0) is 28.6 Å². The highest BCUT2D eigenvalue weighted by Gasteiger charge is 2.19. The number of carbonyl (C=O) groups excluding carboxylic acids is 3. The number of ether oxygens (including phenoxy) is 3. The first-order valence-corrected chi connectivity index (χ1v) is 25.1. The highest BCUT2D eigenvalue weighted by molar-refractivity contribution is 5.71. The van der Waals surface area contributed by atoms with E-state index in [1.54, 1.807) is 0 Å². The minimum Gasteiger partial charge on any atom is -0.462 e. The molecule has 0 saturated carbocycles. The van der Waals surface area contributed by atoms with Gasteiger partial charge in [0.1, 0.15) is 13.2 Å². The Hall–Kier alpha value is -2.63. The van der Waals surface area contributed by atoms with Crippen molar-refractivity contribution in [3.63, 3.8) is 0 Å². The maximum atomic E-state index is 12.7. The summed E-state index contributed by atoms with van der Waals surface area (Å²) in [5.41, 5.74) is 0. The Morgan fingerprint density at radius 2 is 0.661 bits per heavy atom. The molecule has 6 heteroatoms. The summed E-state index contributed by atoms with van der Waals surface area (Å²) in [7, 11) is 0. The first-order valence-electron chi connectivity index (χ1n) is 25.1. The summed E-state index contributed by atoms with van der Waals surface area (Å²) < 4.78 is 16.7. The Morgan fingerprint density at radius 3 is 1.03 bits per heavy atom. The van der Waals surface area contributed by atoms with E-state index in [1.807, 2.05) is 0 Å². The van der Waals surface area contributed by atoms with Crippen LogP contribution in [0.5, 0.6) is 0 Å². The van der Waals surface area contributed by atoms with E-state index in [0.717, 1.165) is 83.5 Å². The molecule has 0 aliphatic rings. The van der Waals surface area contributed by atoms with Gasteiger partial charge in [-0.2, -0.15) is 0 Å². The van der Waals surface area contributed by atoms with E-state index < -0.39 is 6.10 Å². The van der Waals surface area contributed by atoms with Gasteiger partial charge in [-0.15, -0.1) is 0 Å². The lowest BCUT2D eigenvalue weighted by Gasteiger charge is -2.18. The standard InChI is InChI=1S/C53H94O6/c1-4-7-10-13-16-18-20-21-22-23-24-25-26-27-28-29-30-31-33-34-37-40-43-46-52(55)58-49-50(48-57-51(54)45-42-39-36-15-12-9-6-3)59-53(56)47-44-41-38-35-32-19-17-14-11-8-5-2/h7,10,16,18,21-22,24-25,50H,4-6,8-9,11-15,17,19-20,23,26-49H2,1-3H3/b10-7-,18-16-,22-21-,25-24-. The summed E-state index contributed by atoms with van der Waals surface area (Å²) in [6, 6.07) is 0. The predicted molar refractivity (Wildman–Crippen MR) is 252 cm³/mol. The summed E-state index contributed by atoms with van der Waals surface area (Å²) in [5.74, 6) is -0.878. The number of rotatable bonds is 45. The molecule has 59 heavy (non-hydrogen) atoms. The van der Waals surface area contributed by atoms with Gasteiger partial charge in [0.15, 0.2) is 6.10 Å². The van der Waals surface area contributed by atoms with Crippen LogP contribution in [0, 0.1) is 0 Å². The molecule has 1 unspecified atom stereocenters. The Morgan fingerprint density at radius 1 is 0.356 bits per heavy atom. The number of esters is 3. The molecular weight excluding hydrogens is 733 g/mol. The minimum atomic E-state index is -0.767. The predicted octanol–water partition coefficient (Wildman–Crippen LogP) is 16.3. The van der Waals surface area contributed by atoms with Crippen molar-refractivity contribution in [3.8, 4) is 0 Å². The molecule has 0 aromatic heterocycles. The van der Waals surface area contributed by atoms with E-state index >= 15 is 0 Å². The van der Waals surface area contributed by atoms with Crippen molar-refractivity contribution < 1.29 is 28.6 Å². The van der Waals surface area contributed by atoms with Crippen LogP contribution in [0.3, 0.4) is 0 Å². The van der Waals surface area contributed by atoms with Crippen molar-refractivity contribution >= 4 is 17.9 Å². The largest absolute Gasteiger partial charge is 0.462 e. The van der Waals surface area contributed by atoms with Crippen molar-refractivity contribution in [2.75, 3.05) is 13.2 Å². The van der Waals surface area contributed by atoms with Crippen molar-refractivity contribution in [1.82, 2.24) is 0 Å². The molecule has 0 amide bonds. The van der Waals surface area contributed by atoms with Crippen molar-refractivity contribution in [2.24, 2.45) is 0 Å². The zero-order valence-electron chi connectivity index (χ0n) is 39.0. The summed E-state index contributed by atoms with van der Waals surface area (Å²) >= 11 is 0. The second-order valence-electron chi connectivity index (χ2n) is 16.7. The molecule has 0 aliphatic carbocycles. The van der Waals surface area contributed by atoms with E-state index in [9.17, 15) is 14.4 Å². The molecule has 0 N–H and O–H groups in total. The van der Waals surface area contributed by atoms with E-state index in [0.29, 0.717) is 19.3 Å². The van der Waals surface area contributed by atoms with Crippen LogP contribution >= 0.6 is 0 Å². The molecule has 0 heterocycles. The zero-order valence-corrected chi connectivity index (χ0v) is 39.0. The molecular formula is C53H94O6. The molecule has 0 spiro atoms. The second-order valence-corrected chi connectivity index (χ2v) is 16.7. The number of carbonyl (C=O) groups is 3. The Bertz CT molecular complexity index is 1040. The van der Waals surface area contributed by atoms with Crippen LogP contribution in [0.1, 0.15) is 252 Å². The average Bonchev–Trinajstić information content (AvgIpc) is 3.23. The third-order valence-corrected chi connectivity index (χ3v) is 10.8. The van der Waals surface area contributed by atoms with Gasteiger partial charge in [0, 0.05) is 19.3 Å². The lowest BCUT2D eigenvalue weighted by atomic mass is 10.1. The molecule has 0 aromatic rings. The van der Waals surface area contributed by atoms with Gasteiger partial charge in [0.25, 0.3) is 0 Å². The summed E-state index contributed by atoms with van der Waals surface area (Å²) in [6.45, 7) is 6.48. The second kappa shape index (κ2) is 48.0. The molecule has 0 bridgehead atoms. The van der Waals surface area contributed by atoms with Gasteiger partial charge in [-0.1, -0.05) is 223 Å². The van der Waals surface area contributed by atoms with E-state index in [4.69, 9.17) is 14.2 Å². The summed E-state index contributed by atoms with van der Waals surface area (Å²) in [4.78, 5) is 37.7. The molecule has 1 atom stereocenters. The summed E-state index contributed by atoms with van der Waals surface area (Å²) in [5, 5.41) is 0. The SMILES string of the molecule is CC/C=C\C/C=C\C/C=C\C/C=C\CCCCCCCCCCCCC(=O)OCC(COC(=O)CCCCCCCCC)OC(=O)CCCCCCCCCCCCC. The van der Waals surface area contributed by atoms with Crippen LogP contribution in [0.15, 0.2) is 48.6 Å². The number of unbranched alkanes of at least 4 members (excludes halogenated alkanes) is 26. The van der Waals surface area contributed by atoms with E-state index in [1.165, 1.54) is 128 Å². The molecule has 0 fully saturated rings. The van der Waals surface area contributed by atoms with Crippen LogP contribution < -0.4 is 0 Å². The average molecular weight is 827 g/mol. The molecule has 0 radical (unpaired) electrons. The van der Waals surface area contributed by atoms with Crippen LogP contribution in [0.4, 0.5) is 0 Å². The third kappa shape index (κ3) is 46.3. The van der Waals surface area contributed by atoms with Crippen LogP contribution in [-0.4, -0.2) is 37.2 Å². The Kier molecular flexibility index (Phi) is 45.9. The van der Waals surface area contributed by atoms with Crippen molar-refractivity contribution in [3.05, 3.63) is 48.6 Å². The molecule has 0 saturated heterocycles. The summed E-state index contributed by atoms with van der Waals surface area (Å²) in [6.07, 6.45) is 56.8. The molecule has 342 valence electrons. The van der Waals surface area contributed by atoms with E-state index in [2.05, 4.69) is 69.4 Å². The first kappa shape index (κ1) is 56.4. The maximum Gasteiger partial charge on any atom is 0.306 e. The smallest absolute Gasteiger partial charge is 0.306 e. The highest BCUT2D eigenvalue weighted by Crippen LogP contribution is 2.15. The monoisotopic (exact) mass is 827 g/mol. The molecule has 0 aromatic carbocycles. The third-order valence-electron chi connectivity index (χ3n) is 10.8. The van der Waals surface area contributed by atoms with Crippen LogP contribution in [0.25, 0.3) is 0 Å². The molecule has 0 aliphatic heterocycles. The minimum absolute atomic E-state index is 0.0715. The Balaban J connectivity index is 4.15. The van der Waals surface area contributed by atoms with Gasteiger partial charge in [-0.3, -0.25) is 14.4 Å². The molecule has 6 nitrogen and oxygen atoms in total. The fourth-order valence-electron chi connectivity index (χ4n) is 7.08. The zero-order chi connectivity index (χ0) is 43.0. The van der Waals surface area contributed by atoms with Gasteiger partial charge in [0.2, 0.25) is 0 Å². The van der Waals surface area contributed by atoms with Gasteiger partial charge in [-0.25, -0.2) is 0 Å². The molecule has 0 rings (SSSR count). The number of hydrogen-bond acceptors (Lipinski definition) is 6. The highest BCUT2D eigenvalue weighted by atomic mass is 16.6. The number of hydrogen-bond donors (Lipinski definition) is 0. The van der Waals surface area contributed by atoms with Gasteiger partial charge in [-0.05, 0) is 57.8 Å². The quantitative estimate of drug-likeness (QED) is 0.0263. The van der Waals surface area contributed by atoms with Crippen molar-refractivity contribution in [2.45, 2.75) is 258 Å². The van der Waals surface area contributed by atoms with Crippen molar-refractivity contribution in [1.29, 1.82) is 0 Å². The Labute approximate surface area is 365 Å². The van der Waals surface area contributed by atoms with Gasteiger partial charge >= 0.3 is 17.9 Å². The lowest BCUT2D eigenvalue weighted by Crippen LogP contribution is -2.30. The lowest BCUT2D eigenvalue weighted by molar-refractivity contribution is -0.167. The van der Waals surface area contributed by atoms with Gasteiger partial charge in [0.05, 0.1) is 0 Å². The number of allylic oxidation sites excluding steroid dienone is 8. The maximum absolute atomic E-state index is 12.7. The fourth-order valence-corrected chi connectivity index (χ4v) is 7.08.